The van der Waals surface area contributed by atoms with Gasteiger partial charge in [0.15, 0.2) is 23.0 Å². The first kappa shape index (κ1) is 27.1. The van der Waals surface area contributed by atoms with E-state index >= 15 is 0 Å². The normalized spacial score (nSPS) is 13.5. The summed E-state index contributed by atoms with van der Waals surface area (Å²) in [5.74, 6) is -3.00. The summed E-state index contributed by atoms with van der Waals surface area (Å²) >= 11 is 1.36. The highest BCUT2D eigenvalue weighted by molar-refractivity contribution is 7.99. The third-order valence-electron chi connectivity index (χ3n) is 5.61. The Labute approximate surface area is 212 Å². The summed E-state index contributed by atoms with van der Waals surface area (Å²) in [6.07, 6.45) is 0.432. The number of rotatable bonds is 10. The van der Waals surface area contributed by atoms with Crippen LogP contribution in [-0.2, 0) is 9.53 Å². The van der Waals surface area contributed by atoms with Crippen molar-refractivity contribution in [2.75, 3.05) is 7.11 Å². The topological polar surface area (TPSA) is 85.7 Å². The van der Waals surface area contributed by atoms with Crippen LogP contribution in [0.2, 0.25) is 0 Å². The van der Waals surface area contributed by atoms with Crippen LogP contribution >= 0.6 is 11.8 Å². The van der Waals surface area contributed by atoms with Crippen molar-refractivity contribution < 1.29 is 33.0 Å². The molecule has 0 radical (unpaired) electrons. The van der Waals surface area contributed by atoms with Crippen molar-refractivity contribution in [3.63, 3.8) is 0 Å². The van der Waals surface area contributed by atoms with Crippen LogP contribution < -0.4 is 4.74 Å². The fourth-order valence-electron chi connectivity index (χ4n) is 3.65. The number of carbonyl (C=O) groups excluding carboxylic acids is 2. The van der Waals surface area contributed by atoms with Crippen LogP contribution in [0.5, 0.6) is 11.5 Å². The molecule has 3 aromatic rings. The fourth-order valence-corrected chi connectivity index (χ4v) is 4.88. The van der Waals surface area contributed by atoms with Gasteiger partial charge in [0.25, 0.3) is 0 Å². The molecule has 36 heavy (non-hydrogen) atoms. The molecule has 0 amide bonds. The van der Waals surface area contributed by atoms with Gasteiger partial charge in [-0.2, -0.15) is 0 Å². The maximum Gasteiger partial charge on any atom is 0.309 e. The number of esters is 1. The molecule has 3 atom stereocenters. The van der Waals surface area contributed by atoms with Gasteiger partial charge >= 0.3 is 5.97 Å². The molecule has 0 spiro atoms. The molecule has 190 valence electrons. The minimum absolute atomic E-state index is 0.104. The molecule has 1 N–H and O–H groups in total. The first-order valence-electron chi connectivity index (χ1n) is 11.2. The predicted octanol–water partition coefficient (Wildman–Crippen LogP) is 6.06. The van der Waals surface area contributed by atoms with Gasteiger partial charge in [0.05, 0.1) is 18.3 Å². The van der Waals surface area contributed by atoms with Crippen molar-refractivity contribution >= 4 is 23.5 Å². The van der Waals surface area contributed by atoms with Crippen LogP contribution in [-0.4, -0.2) is 35.1 Å². The number of carbonyl (C=O) groups is 2. The van der Waals surface area contributed by atoms with E-state index in [0.717, 1.165) is 10.5 Å². The molecule has 0 aliphatic heterocycles. The number of hydrogen-bond acceptors (Lipinski definition) is 7. The van der Waals surface area contributed by atoms with E-state index in [4.69, 9.17) is 9.47 Å². The molecule has 6 nitrogen and oxygen atoms in total. The summed E-state index contributed by atoms with van der Waals surface area (Å²) in [7, 11) is 1.36. The number of methoxy groups -OCH3 is 1. The summed E-state index contributed by atoms with van der Waals surface area (Å²) in [4.78, 5) is 30.2. The molecule has 0 aliphatic rings. The zero-order valence-electron chi connectivity index (χ0n) is 20.3. The van der Waals surface area contributed by atoms with E-state index in [-0.39, 0.29) is 35.2 Å². The molecular formula is C27H27F2NO5S. The second kappa shape index (κ2) is 12.0. The maximum atomic E-state index is 13.7. The van der Waals surface area contributed by atoms with Crippen molar-refractivity contribution in [1.82, 2.24) is 4.98 Å². The Kier molecular flexibility index (Phi) is 9.03. The van der Waals surface area contributed by atoms with Crippen molar-refractivity contribution in [2.45, 2.75) is 43.4 Å². The molecule has 2 aromatic carbocycles. The maximum absolute atomic E-state index is 13.7. The molecule has 0 bridgehead atoms. The number of hydrogen-bond donors (Lipinski definition) is 1. The number of aromatic nitrogens is 1. The molecule has 9 heteroatoms. The number of ether oxygens (including phenoxy) is 2. The van der Waals surface area contributed by atoms with Crippen LogP contribution in [0.15, 0.2) is 59.6 Å². The second-order valence-electron chi connectivity index (χ2n) is 8.37. The van der Waals surface area contributed by atoms with E-state index in [2.05, 4.69) is 4.98 Å². The van der Waals surface area contributed by atoms with Gasteiger partial charge in [-0.25, -0.2) is 13.8 Å². The zero-order chi connectivity index (χ0) is 26.4. The van der Waals surface area contributed by atoms with Gasteiger partial charge in [0, 0.05) is 23.6 Å². The highest BCUT2D eigenvalue weighted by atomic mass is 32.2. The van der Waals surface area contributed by atoms with Gasteiger partial charge in [-0.3, -0.25) is 9.59 Å². The average Bonchev–Trinajstić information content (AvgIpc) is 2.84. The largest absolute Gasteiger partial charge is 0.503 e. The highest BCUT2D eigenvalue weighted by Crippen LogP contribution is 2.41. The van der Waals surface area contributed by atoms with E-state index in [1.807, 2.05) is 0 Å². The number of benzene rings is 2. The van der Waals surface area contributed by atoms with Crippen molar-refractivity contribution in [2.24, 2.45) is 5.92 Å². The molecule has 0 unspecified atom stereocenters. The van der Waals surface area contributed by atoms with Crippen molar-refractivity contribution in [3.8, 4) is 11.5 Å². The summed E-state index contributed by atoms with van der Waals surface area (Å²) in [6.45, 7) is 5.03. The molecule has 1 aromatic heterocycles. The average molecular weight is 516 g/mol. The lowest BCUT2D eigenvalue weighted by molar-refractivity contribution is -0.152. The predicted molar refractivity (Wildman–Crippen MR) is 132 cm³/mol. The number of pyridine rings is 1. The third-order valence-corrected chi connectivity index (χ3v) is 7.04. The minimum Gasteiger partial charge on any atom is -0.503 e. The summed E-state index contributed by atoms with van der Waals surface area (Å²) in [5, 5.41) is 9.76. The third kappa shape index (κ3) is 6.60. The highest BCUT2D eigenvalue weighted by Gasteiger charge is 2.29. The quantitative estimate of drug-likeness (QED) is 0.200. The second-order valence-corrected chi connectivity index (χ2v) is 9.59. The molecular weight excluding hydrogens is 488 g/mol. The standard InChI is InChI=1S/C27H27F2NO5S/c1-15-13-19(29)7-10-21(15)26(36-20-8-5-18(28)6-9-20)17(3)35-27(33)16(2)14-22(31)24-25(32)23(34-4)11-12-30-24/h5-13,16-17,26,32H,14H2,1-4H3/t16-,17+,26+/m1/s1. The number of halogens is 2. The monoisotopic (exact) mass is 515 g/mol. The first-order chi connectivity index (χ1) is 17.1. The molecule has 0 aliphatic carbocycles. The number of thioether (sulfide) groups is 1. The molecule has 0 fully saturated rings. The van der Waals surface area contributed by atoms with E-state index < -0.39 is 29.0 Å². The van der Waals surface area contributed by atoms with Crippen LogP contribution in [0.25, 0.3) is 0 Å². The lowest BCUT2D eigenvalue weighted by Crippen LogP contribution is -2.26. The van der Waals surface area contributed by atoms with Gasteiger partial charge in [-0.1, -0.05) is 13.0 Å². The number of aryl methyl sites for hydroxylation is 1. The van der Waals surface area contributed by atoms with Crippen molar-refractivity contribution in [3.05, 3.63) is 83.2 Å². The molecule has 0 saturated heterocycles. The Balaban J connectivity index is 1.76. The Morgan fingerprint density at radius 2 is 1.72 bits per heavy atom. The molecule has 1 heterocycles. The summed E-state index contributed by atoms with van der Waals surface area (Å²) < 4.78 is 37.9. The fraction of sp³-hybridized carbons (Fsp3) is 0.296. The number of Topliss-reactive ketones (excluding diaryl/α,β-unsaturated/α-hetero) is 1. The van der Waals surface area contributed by atoms with Gasteiger partial charge in [-0.15, -0.1) is 11.8 Å². The number of ketones is 1. The van der Waals surface area contributed by atoms with Crippen LogP contribution in [0.3, 0.4) is 0 Å². The van der Waals surface area contributed by atoms with E-state index in [9.17, 15) is 23.5 Å². The van der Waals surface area contributed by atoms with Crippen LogP contribution in [0.1, 0.15) is 47.1 Å². The van der Waals surface area contributed by atoms with Crippen LogP contribution in [0.4, 0.5) is 8.78 Å². The van der Waals surface area contributed by atoms with Gasteiger partial charge < -0.3 is 14.6 Å². The minimum atomic E-state index is -0.821. The summed E-state index contributed by atoms with van der Waals surface area (Å²) in [6, 6.07) is 11.7. The van der Waals surface area contributed by atoms with E-state index in [1.54, 1.807) is 39.0 Å². The van der Waals surface area contributed by atoms with Gasteiger partial charge in [-0.05, 0) is 61.4 Å². The lowest BCUT2D eigenvalue weighted by atomic mass is 10.0. The van der Waals surface area contributed by atoms with Crippen molar-refractivity contribution in [1.29, 1.82) is 0 Å². The first-order valence-corrected chi connectivity index (χ1v) is 12.1. The van der Waals surface area contributed by atoms with E-state index in [1.165, 1.54) is 55.4 Å². The van der Waals surface area contributed by atoms with Gasteiger partial charge in [0.2, 0.25) is 0 Å². The Morgan fingerprint density at radius 3 is 2.36 bits per heavy atom. The smallest absolute Gasteiger partial charge is 0.309 e. The number of aromatic hydroxyl groups is 1. The van der Waals surface area contributed by atoms with E-state index in [0.29, 0.717) is 5.56 Å². The number of nitrogens with zero attached hydrogens (tertiary/aromatic N) is 1. The Morgan fingerprint density at radius 1 is 1.06 bits per heavy atom. The molecule has 3 rings (SSSR count). The Bertz CT molecular complexity index is 1240. The SMILES string of the molecule is COc1ccnc(C(=O)C[C@@H](C)C(=O)O[C@@H](C)[C@H](Sc2ccc(F)cc2)c2ccc(F)cc2C)c1O. The summed E-state index contributed by atoms with van der Waals surface area (Å²) in [5.41, 5.74) is 1.26. The Hall–Kier alpha value is -3.46. The van der Waals surface area contributed by atoms with Crippen LogP contribution in [0, 0.1) is 24.5 Å². The zero-order valence-corrected chi connectivity index (χ0v) is 21.1. The van der Waals surface area contributed by atoms with Gasteiger partial charge in [0.1, 0.15) is 17.7 Å². The molecule has 0 saturated carbocycles. The lowest BCUT2D eigenvalue weighted by Gasteiger charge is -2.26.